The molecule has 1 amide bonds. The summed E-state index contributed by atoms with van der Waals surface area (Å²) in [6.45, 7) is 8.93. The maximum Gasteiger partial charge on any atom is 0.220 e. The van der Waals surface area contributed by atoms with Crippen molar-refractivity contribution < 1.29 is 4.79 Å². The predicted octanol–water partition coefficient (Wildman–Crippen LogP) is 3.42. The second-order valence-corrected chi connectivity index (χ2v) is 5.32. The Morgan fingerprint density at radius 1 is 1.10 bits per heavy atom. The Labute approximate surface area is 135 Å². The van der Waals surface area contributed by atoms with E-state index in [1.807, 2.05) is 0 Å². The van der Waals surface area contributed by atoms with Crippen molar-refractivity contribution in [1.29, 1.82) is 0 Å². The minimum absolute atomic E-state index is 0. The van der Waals surface area contributed by atoms with Gasteiger partial charge in [-0.3, -0.25) is 4.79 Å². The zero-order valence-electron chi connectivity index (χ0n) is 13.4. The molecule has 1 aromatic carbocycles. The summed E-state index contributed by atoms with van der Waals surface area (Å²) in [6.07, 6.45) is 2.69. The second-order valence-electron chi connectivity index (χ2n) is 5.32. The van der Waals surface area contributed by atoms with Crippen LogP contribution in [0.2, 0.25) is 0 Å². The fourth-order valence-corrected chi connectivity index (χ4v) is 2.22. The van der Waals surface area contributed by atoms with Gasteiger partial charge in [0.2, 0.25) is 5.91 Å². The molecule has 0 fully saturated rings. The van der Waals surface area contributed by atoms with E-state index >= 15 is 0 Å². The molecule has 0 bridgehead atoms. The Morgan fingerprint density at radius 2 is 1.76 bits per heavy atom. The Hall–Kier alpha value is -1.06. The van der Waals surface area contributed by atoms with Gasteiger partial charge < -0.3 is 10.6 Å². The average Bonchev–Trinajstić information content (AvgIpc) is 2.45. The quantitative estimate of drug-likeness (QED) is 0.686. The molecular formula is C17H29ClN2O. The van der Waals surface area contributed by atoms with Gasteiger partial charge in [0.15, 0.2) is 0 Å². The van der Waals surface area contributed by atoms with Gasteiger partial charge in [-0.1, -0.05) is 43.7 Å². The van der Waals surface area contributed by atoms with Crippen LogP contribution in [0.1, 0.15) is 50.2 Å². The molecule has 0 saturated carbocycles. The summed E-state index contributed by atoms with van der Waals surface area (Å²) in [4.78, 5) is 11.9. The lowest BCUT2D eigenvalue weighted by molar-refractivity contribution is -0.121. The molecule has 21 heavy (non-hydrogen) atoms. The molecule has 0 spiro atoms. The molecule has 0 aromatic heterocycles. The van der Waals surface area contributed by atoms with Crippen molar-refractivity contribution in [3.05, 3.63) is 35.4 Å². The van der Waals surface area contributed by atoms with E-state index in [1.165, 1.54) is 11.1 Å². The van der Waals surface area contributed by atoms with Gasteiger partial charge in [-0.15, -0.1) is 12.4 Å². The number of amides is 1. The Morgan fingerprint density at radius 3 is 2.33 bits per heavy atom. The van der Waals surface area contributed by atoms with Crippen LogP contribution >= 0.6 is 12.4 Å². The summed E-state index contributed by atoms with van der Waals surface area (Å²) in [5.74, 6) is 0.468. The summed E-state index contributed by atoms with van der Waals surface area (Å²) < 4.78 is 0. The summed E-state index contributed by atoms with van der Waals surface area (Å²) in [5, 5.41) is 6.27. The maximum atomic E-state index is 11.9. The van der Waals surface area contributed by atoms with Gasteiger partial charge in [-0.25, -0.2) is 0 Å². The first-order chi connectivity index (χ1) is 9.67. The van der Waals surface area contributed by atoms with Gasteiger partial charge in [0, 0.05) is 19.5 Å². The van der Waals surface area contributed by atoms with Crippen molar-refractivity contribution in [2.45, 2.75) is 46.0 Å². The summed E-state index contributed by atoms with van der Waals surface area (Å²) in [7, 11) is 0. The third-order valence-corrected chi connectivity index (χ3v) is 3.52. The second kappa shape index (κ2) is 11.6. The lowest BCUT2D eigenvalue weighted by atomic mass is 9.92. The highest BCUT2D eigenvalue weighted by atomic mass is 35.5. The number of rotatable bonds is 9. The molecule has 0 radical (unpaired) electrons. The van der Waals surface area contributed by atoms with Crippen LogP contribution in [0.25, 0.3) is 0 Å². The average molecular weight is 313 g/mol. The topological polar surface area (TPSA) is 41.1 Å². The molecule has 4 heteroatoms. The number of nitrogens with one attached hydrogen (secondary N) is 2. The summed E-state index contributed by atoms with van der Waals surface area (Å²) >= 11 is 0. The summed E-state index contributed by atoms with van der Waals surface area (Å²) in [5.41, 5.74) is 2.52. The molecule has 0 aliphatic carbocycles. The van der Waals surface area contributed by atoms with E-state index in [9.17, 15) is 4.79 Å². The highest BCUT2D eigenvalue weighted by Gasteiger charge is 2.13. The number of benzene rings is 1. The predicted molar refractivity (Wildman–Crippen MR) is 92.2 cm³/mol. The fourth-order valence-electron chi connectivity index (χ4n) is 2.22. The first-order valence-electron chi connectivity index (χ1n) is 7.71. The molecule has 1 unspecified atom stereocenters. The van der Waals surface area contributed by atoms with E-state index in [1.54, 1.807) is 0 Å². The molecule has 0 saturated heterocycles. The molecule has 1 aromatic rings. The van der Waals surface area contributed by atoms with E-state index < -0.39 is 0 Å². The molecule has 120 valence electrons. The smallest absolute Gasteiger partial charge is 0.220 e. The van der Waals surface area contributed by atoms with E-state index in [0.717, 1.165) is 25.9 Å². The number of hydrogen-bond donors (Lipinski definition) is 2. The Bertz CT molecular complexity index is 392. The lowest BCUT2D eigenvalue weighted by Gasteiger charge is -2.15. The third kappa shape index (κ3) is 8.08. The van der Waals surface area contributed by atoms with Crippen LogP contribution in [0.5, 0.6) is 0 Å². The molecule has 1 atom stereocenters. The van der Waals surface area contributed by atoms with Crippen LogP contribution in [0.4, 0.5) is 0 Å². The third-order valence-electron chi connectivity index (χ3n) is 3.52. The van der Waals surface area contributed by atoms with Gasteiger partial charge in [0.05, 0.1) is 0 Å². The van der Waals surface area contributed by atoms with E-state index in [2.05, 4.69) is 55.7 Å². The van der Waals surface area contributed by atoms with Crippen molar-refractivity contribution in [2.75, 3.05) is 19.6 Å². The minimum atomic E-state index is 0. The van der Waals surface area contributed by atoms with Gasteiger partial charge >= 0.3 is 0 Å². The molecular weight excluding hydrogens is 284 g/mol. The van der Waals surface area contributed by atoms with Crippen LogP contribution in [0.15, 0.2) is 24.3 Å². The van der Waals surface area contributed by atoms with E-state index in [-0.39, 0.29) is 18.3 Å². The number of hydrogen-bond acceptors (Lipinski definition) is 2. The van der Waals surface area contributed by atoms with Crippen molar-refractivity contribution >= 4 is 18.3 Å². The van der Waals surface area contributed by atoms with E-state index in [4.69, 9.17) is 0 Å². The van der Waals surface area contributed by atoms with E-state index in [0.29, 0.717) is 18.9 Å². The molecule has 0 aliphatic heterocycles. The van der Waals surface area contributed by atoms with Crippen LogP contribution in [0.3, 0.4) is 0 Å². The van der Waals surface area contributed by atoms with Crippen LogP contribution in [-0.2, 0) is 4.79 Å². The van der Waals surface area contributed by atoms with Crippen LogP contribution in [-0.4, -0.2) is 25.5 Å². The number of carbonyl (C=O) groups is 1. The van der Waals surface area contributed by atoms with Crippen LogP contribution < -0.4 is 10.6 Å². The highest BCUT2D eigenvalue weighted by molar-refractivity contribution is 5.85. The first-order valence-corrected chi connectivity index (χ1v) is 7.71. The SMILES string of the molecule is CCCNCCNC(=O)CC(CC)c1ccc(C)cc1.Cl. The fraction of sp³-hybridized carbons (Fsp3) is 0.588. The van der Waals surface area contributed by atoms with Crippen molar-refractivity contribution in [2.24, 2.45) is 0 Å². The molecule has 0 heterocycles. The molecule has 3 nitrogen and oxygen atoms in total. The van der Waals surface area contributed by atoms with Gasteiger partial charge in [0.25, 0.3) is 0 Å². The Balaban J connectivity index is 0.00000400. The van der Waals surface area contributed by atoms with Gasteiger partial charge in [-0.2, -0.15) is 0 Å². The zero-order chi connectivity index (χ0) is 14.8. The number of aryl methyl sites for hydroxylation is 1. The number of halogens is 1. The lowest BCUT2D eigenvalue weighted by Crippen LogP contribution is -2.32. The van der Waals surface area contributed by atoms with Crippen LogP contribution in [0, 0.1) is 6.92 Å². The maximum absolute atomic E-state index is 11.9. The van der Waals surface area contributed by atoms with Crippen molar-refractivity contribution in [3.63, 3.8) is 0 Å². The van der Waals surface area contributed by atoms with Crippen molar-refractivity contribution in [3.8, 4) is 0 Å². The molecule has 0 aliphatic rings. The van der Waals surface area contributed by atoms with Crippen molar-refractivity contribution in [1.82, 2.24) is 10.6 Å². The number of carbonyl (C=O) groups excluding carboxylic acids is 1. The van der Waals surface area contributed by atoms with Gasteiger partial charge in [0.1, 0.15) is 0 Å². The first kappa shape index (κ1) is 19.9. The normalized spacial score (nSPS) is 11.6. The molecule has 1 rings (SSSR count). The zero-order valence-corrected chi connectivity index (χ0v) is 14.3. The monoisotopic (exact) mass is 312 g/mol. The highest BCUT2D eigenvalue weighted by Crippen LogP contribution is 2.23. The Kier molecular flexibility index (Phi) is 11.0. The minimum Gasteiger partial charge on any atom is -0.355 e. The van der Waals surface area contributed by atoms with Gasteiger partial charge in [-0.05, 0) is 37.8 Å². The largest absolute Gasteiger partial charge is 0.355 e. The standard InChI is InChI=1S/C17H28N2O.ClH/c1-4-10-18-11-12-19-17(20)13-15(5-2)16-8-6-14(3)7-9-16;/h6-9,15,18H,4-5,10-13H2,1-3H3,(H,19,20);1H. The summed E-state index contributed by atoms with van der Waals surface area (Å²) in [6, 6.07) is 8.51. The molecule has 2 N–H and O–H groups in total.